The number of esters is 1. The van der Waals surface area contributed by atoms with E-state index in [1.165, 1.54) is 18.0 Å². The molecule has 0 amide bonds. The number of ether oxygens (including phenoxy) is 2. The predicted octanol–water partition coefficient (Wildman–Crippen LogP) is 5.40. The third kappa shape index (κ3) is 3.67. The molecule has 5 aromatic rings. The second-order valence-electron chi connectivity index (χ2n) is 7.03. The number of nitrogens with zero attached hydrogens (tertiary/aromatic N) is 3. The molecule has 0 aliphatic rings. The number of hydrogen-bond donors (Lipinski definition) is 0. The van der Waals surface area contributed by atoms with Crippen LogP contribution in [0.25, 0.3) is 16.4 Å². The van der Waals surface area contributed by atoms with Crippen LogP contribution >= 0.6 is 11.8 Å². The Balaban J connectivity index is 1.73. The number of methoxy groups -OCH3 is 1. The molecule has 2 aromatic heterocycles. The van der Waals surface area contributed by atoms with Gasteiger partial charge in [-0.2, -0.15) is 5.10 Å². The molecule has 3 aromatic carbocycles. The SMILES string of the molecule is COC(=O)c1c(OCc2ccccc2)c2cccc(Sc3ccccc3)c2c2ncnn12. The molecule has 2 heterocycles. The molecular weight excluding hydrogens is 422 g/mol. The molecule has 0 saturated carbocycles. The Labute approximate surface area is 188 Å². The van der Waals surface area contributed by atoms with Crippen molar-refractivity contribution in [3.8, 4) is 5.75 Å². The third-order valence-electron chi connectivity index (χ3n) is 5.04. The van der Waals surface area contributed by atoms with Crippen molar-refractivity contribution in [1.29, 1.82) is 0 Å². The van der Waals surface area contributed by atoms with E-state index in [0.29, 0.717) is 18.0 Å². The number of fused-ring (bicyclic) bond motifs is 3. The van der Waals surface area contributed by atoms with Crippen molar-refractivity contribution in [2.24, 2.45) is 0 Å². The van der Waals surface area contributed by atoms with Crippen LogP contribution in [0.15, 0.2) is 95.0 Å². The predicted molar refractivity (Wildman–Crippen MR) is 123 cm³/mol. The normalized spacial score (nSPS) is 11.0. The van der Waals surface area contributed by atoms with Crippen molar-refractivity contribution < 1.29 is 14.3 Å². The van der Waals surface area contributed by atoms with Crippen LogP contribution in [0.1, 0.15) is 16.1 Å². The van der Waals surface area contributed by atoms with E-state index in [2.05, 4.69) is 22.2 Å². The van der Waals surface area contributed by atoms with Gasteiger partial charge in [-0.3, -0.25) is 0 Å². The van der Waals surface area contributed by atoms with Crippen molar-refractivity contribution >= 4 is 34.2 Å². The zero-order valence-electron chi connectivity index (χ0n) is 17.3. The van der Waals surface area contributed by atoms with Crippen molar-refractivity contribution in [3.63, 3.8) is 0 Å². The van der Waals surface area contributed by atoms with E-state index in [1.807, 2.05) is 66.7 Å². The minimum Gasteiger partial charge on any atom is -0.486 e. The van der Waals surface area contributed by atoms with Crippen molar-refractivity contribution in [1.82, 2.24) is 14.6 Å². The first-order valence-corrected chi connectivity index (χ1v) is 10.8. The lowest BCUT2D eigenvalue weighted by molar-refractivity contribution is 0.0585. The van der Waals surface area contributed by atoms with E-state index < -0.39 is 5.97 Å². The van der Waals surface area contributed by atoms with Crippen LogP contribution in [0.5, 0.6) is 5.75 Å². The van der Waals surface area contributed by atoms with E-state index >= 15 is 0 Å². The molecule has 158 valence electrons. The first-order valence-electron chi connectivity index (χ1n) is 10.0. The number of carbonyl (C=O) groups is 1. The molecular formula is C25H19N3O3S. The molecule has 0 radical (unpaired) electrons. The van der Waals surface area contributed by atoms with Gasteiger partial charge in [-0.1, -0.05) is 72.4 Å². The highest BCUT2D eigenvalue weighted by atomic mass is 32.2. The molecule has 7 heteroatoms. The quantitative estimate of drug-likeness (QED) is 0.329. The maximum atomic E-state index is 12.8. The van der Waals surface area contributed by atoms with Crippen LogP contribution < -0.4 is 4.74 Å². The average molecular weight is 442 g/mol. The van der Waals surface area contributed by atoms with Crippen LogP contribution in [0.4, 0.5) is 0 Å². The standard InChI is InChI=1S/C25H19N3O3S/c1-30-25(29)22-23(31-15-17-9-4-2-5-10-17)19-13-8-14-20(32-18-11-6-3-7-12-18)21(19)24-26-16-27-28(22)24/h2-14,16H,15H2,1H3. The van der Waals surface area contributed by atoms with E-state index in [0.717, 1.165) is 26.1 Å². The number of hydrogen-bond acceptors (Lipinski definition) is 6. The number of aromatic nitrogens is 3. The Morgan fingerprint density at radius 3 is 2.47 bits per heavy atom. The van der Waals surface area contributed by atoms with Gasteiger partial charge < -0.3 is 9.47 Å². The summed E-state index contributed by atoms with van der Waals surface area (Å²) in [7, 11) is 1.35. The third-order valence-corrected chi connectivity index (χ3v) is 6.11. The minimum atomic E-state index is -0.536. The summed E-state index contributed by atoms with van der Waals surface area (Å²) in [6.45, 7) is 0.302. The summed E-state index contributed by atoms with van der Waals surface area (Å²) in [5.74, 6) is -0.115. The fourth-order valence-corrected chi connectivity index (χ4v) is 4.60. The fraction of sp³-hybridized carbons (Fsp3) is 0.0800. The lowest BCUT2D eigenvalue weighted by Crippen LogP contribution is -2.13. The van der Waals surface area contributed by atoms with Crippen molar-refractivity contribution in [2.75, 3.05) is 7.11 Å². The molecule has 0 unspecified atom stereocenters. The molecule has 0 N–H and O–H groups in total. The average Bonchev–Trinajstić information content (AvgIpc) is 3.32. The lowest BCUT2D eigenvalue weighted by atomic mass is 10.1. The first kappa shape index (κ1) is 20.1. The molecule has 0 spiro atoms. The van der Waals surface area contributed by atoms with Crippen LogP contribution in [0, 0.1) is 0 Å². The van der Waals surface area contributed by atoms with E-state index in [9.17, 15) is 4.79 Å². The topological polar surface area (TPSA) is 65.7 Å². The minimum absolute atomic E-state index is 0.213. The van der Waals surface area contributed by atoms with Gasteiger partial charge >= 0.3 is 5.97 Å². The van der Waals surface area contributed by atoms with Gasteiger partial charge in [0, 0.05) is 20.6 Å². The van der Waals surface area contributed by atoms with Crippen molar-refractivity contribution in [3.05, 3.63) is 96.4 Å². The van der Waals surface area contributed by atoms with Gasteiger partial charge in [0.2, 0.25) is 0 Å². The molecule has 0 fully saturated rings. The summed E-state index contributed by atoms with van der Waals surface area (Å²) in [4.78, 5) is 19.3. The highest BCUT2D eigenvalue weighted by Crippen LogP contribution is 2.40. The molecule has 0 bridgehead atoms. The van der Waals surface area contributed by atoms with Gasteiger partial charge in [-0.05, 0) is 23.8 Å². The van der Waals surface area contributed by atoms with E-state index in [-0.39, 0.29) is 5.69 Å². The largest absolute Gasteiger partial charge is 0.486 e. The van der Waals surface area contributed by atoms with Crippen LogP contribution in [0.3, 0.4) is 0 Å². The summed E-state index contributed by atoms with van der Waals surface area (Å²) < 4.78 is 12.8. The smallest absolute Gasteiger partial charge is 0.360 e. The number of benzene rings is 3. The molecule has 6 nitrogen and oxygen atoms in total. The van der Waals surface area contributed by atoms with Gasteiger partial charge in [0.25, 0.3) is 0 Å². The van der Waals surface area contributed by atoms with Gasteiger partial charge in [-0.15, -0.1) is 0 Å². The zero-order chi connectivity index (χ0) is 21.9. The Morgan fingerprint density at radius 2 is 1.72 bits per heavy atom. The van der Waals surface area contributed by atoms with E-state index in [1.54, 1.807) is 11.8 Å². The summed E-state index contributed by atoms with van der Waals surface area (Å²) in [6, 6.07) is 25.8. The van der Waals surface area contributed by atoms with Gasteiger partial charge in [0.05, 0.1) is 7.11 Å². The number of pyridine rings is 1. The maximum absolute atomic E-state index is 12.8. The lowest BCUT2D eigenvalue weighted by Gasteiger charge is -2.16. The molecule has 0 saturated heterocycles. The van der Waals surface area contributed by atoms with Crippen molar-refractivity contribution in [2.45, 2.75) is 16.4 Å². The highest BCUT2D eigenvalue weighted by Gasteiger charge is 2.25. The van der Waals surface area contributed by atoms with E-state index in [4.69, 9.17) is 9.47 Å². The summed E-state index contributed by atoms with van der Waals surface area (Å²) in [5.41, 5.74) is 1.78. The second-order valence-corrected chi connectivity index (χ2v) is 8.15. The summed E-state index contributed by atoms with van der Waals surface area (Å²) >= 11 is 1.63. The number of carbonyl (C=O) groups excluding carboxylic acids is 1. The Hall–Kier alpha value is -3.84. The summed E-state index contributed by atoms with van der Waals surface area (Å²) in [6.07, 6.45) is 1.44. The summed E-state index contributed by atoms with van der Waals surface area (Å²) in [5, 5.41) is 5.97. The molecule has 0 aliphatic heterocycles. The fourth-order valence-electron chi connectivity index (χ4n) is 3.60. The van der Waals surface area contributed by atoms with Gasteiger partial charge in [0.1, 0.15) is 12.9 Å². The molecule has 0 atom stereocenters. The van der Waals surface area contributed by atoms with Crippen LogP contribution in [-0.4, -0.2) is 27.7 Å². The Morgan fingerprint density at radius 1 is 0.969 bits per heavy atom. The second kappa shape index (κ2) is 8.72. The molecule has 5 rings (SSSR count). The Kier molecular flexibility index (Phi) is 5.47. The zero-order valence-corrected chi connectivity index (χ0v) is 18.1. The monoisotopic (exact) mass is 441 g/mol. The van der Waals surface area contributed by atoms with Crippen LogP contribution in [0.2, 0.25) is 0 Å². The maximum Gasteiger partial charge on any atom is 0.360 e. The first-order chi connectivity index (χ1) is 15.8. The molecule has 0 aliphatic carbocycles. The molecule has 32 heavy (non-hydrogen) atoms. The Bertz CT molecular complexity index is 1400. The van der Waals surface area contributed by atoms with Gasteiger partial charge in [-0.25, -0.2) is 14.3 Å². The van der Waals surface area contributed by atoms with Gasteiger partial charge in [0.15, 0.2) is 17.1 Å². The number of rotatable bonds is 6. The van der Waals surface area contributed by atoms with Crippen LogP contribution in [-0.2, 0) is 11.3 Å². The highest BCUT2D eigenvalue weighted by molar-refractivity contribution is 7.99.